The minimum absolute atomic E-state index is 0.0228. The number of nitrogens with zero attached hydrogens (tertiary/aromatic N) is 1. The fraction of sp³-hybridized carbons (Fsp3) is 0.837. The van der Waals surface area contributed by atoms with E-state index in [1.807, 2.05) is 20.8 Å². The van der Waals surface area contributed by atoms with Crippen LogP contribution in [0.3, 0.4) is 0 Å². The summed E-state index contributed by atoms with van der Waals surface area (Å²) in [5, 5.41) is 10.8. The van der Waals surface area contributed by atoms with Crippen LogP contribution in [0, 0.1) is 0 Å². The van der Waals surface area contributed by atoms with Crippen molar-refractivity contribution in [2.45, 2.75) is 78.0 Å². The van der Waals surface area contributed by atoms with E-state index in [1.165, 1.54) is 12.2 Å². The molecule has 1 heterocycles. The molecule has 25 nitrogen and oxygen atoms in total. The number of nitrogens with one attached hydrogen (secondary N) is 4. The Morgan fingerprint density at radius 2 is 0.784 bits per heavy atom. The highest BCUT2D eigenvalue weighted by Crippen LogP contribution is 2.10. The lowest BCUT2D eigenvalue weighted by Gasteiger charge is -2.26. The van der Waals surface area contributed by atoms with Gasteiger partial charge in [0.15, 0.2) is 0 Å². The average Bonchev–Trinajstić information content (AvgIpc) is 3.66. The van der Waals surface area contributed by atoms with Crippen LogP contribution in [0.2, 0.25) is 0 Å². The van der Waals surface area contributed by atoms with Crippen molar-refractivity contribution in [3.8, 4) is 0 Å². The zero-order chi connectivity index (χ0) is 54.4. The Hall–Kier alpha value is -3.96. The van der Waals surface area contributed by atoms with Gasteiger partial charge in [-0.2, -0.15) is 0 Å². The van der Waals surface area contributed by atoms with Gasteiger partial charge in [-0.3, -0.25) is 28.9 Å². The SMILES string of the molecule is CC(C)(C)OC[C@H](NC(=O)OC(C)(C)C)C(=O)NCCCNC(=O)CCOCCOCCOCCOCCOCCOCCOCCOCCOCCOCCOCCOCCNC(=O)CCN1C(=O)C=CC1=O. The number of ether oxygens (including phenoxy) is 14. The number of carbonyl (C=O) groups excluding carboxylic acids is 6. The van der Waals surface area contributed by atoms with Gasteiger partial charge in [0.2, 0.25) is 17.7 Å². The topological polar surface area (TPSA) is 283 Å². The quantitative estimate of drug-likeness (QED) is 0.0472. The molecule has 1 rings (SSSR count). The number of alkyl carbamates (subject to hydrolysis) is 1. The molecule has 0 radical (unpaired) electrons. The summed E-state index contributed by atoms with van der Waals surface area (Å²) in [4.78, 5) is 72.9. The van der Waals surface area contributed by atoms with Gasteiger partial charge < -0.3 is 87.6 Å². The highest BCUT2D eigenvalue weighted by molar-refractivity contribution is 6.13. The van der Waals surface area contributed by atoms with Crippen LogP contribution in [0.25, 0.3) is 0 Å². The maximum absolute atomic E-state index is 12.7. The number of hydrogen-bond donors (Lipinski definition) is 4. The summed E-state index contributed by atoms with van der Waals surface area (Å²) in [6.45, 7) is 21.8. The zero-order valence-electron chi connectivity index (χ0n) is 45.0. The van der Waals surface area contributed by atoms with E-state index in [0.29, 0.717) is 178 Å². The van der Waals surface area contributed by atoms with Crippen molar-refractivity contribution in [3.63, 3.8) is 0 Å². The lowest BCUT2D eigenvalue weighted by atomic mass is 10.2. The summed E-state index contributed by atoms with van der Waals surface area (Å²) >= 11 is 0. The molecule has 430 valence electrons. The Balaban J connectivity index is 1.74. The predicted octanol–water partition coefficient (Wildman–Crippen LogP) is 0.338. The monoisotopic (exact) mass is 1070 g/mol. The minimum Gasteiger partial charge on any atom is -0.444 e. The molecule has 0 saturated carbocycles. The number of imide groups is 1. The molecular formula is C49H89N5O20. The highest BCUT2D eigenvalue weighted by Gasteiger charge is 2.27. The first-order valence-corrected chi connectivity index (χ1v) is 25.5. The highest BCUT2D eigenvalue weighted by atomic mass is 16.6. The lowest BCUT2D eigenvalue weighted by Crippen LogP contribution is -2.51. The number of carbonyl (C=O) groups is 6. The van der Waals surface area contributed by atoms with Gasteiger partial charge in [-0.15, -0.1) is 0 Å². The van der Waals surface area contributed by atoms with Gasteiger partial charge in [0.1, 0.15) is 11.6 Å². The van der Waals surface area contributed by atoms with Crippen LogP contribution in [0.1, 0.15) is 60.8 Å². The van der Waals surface area contributed by atoms with Crippen LogP contribution >= 0.6 is 0 Å². The maximum Gasteiger partial charge on any atom is 0.408 e. The molecule has 1 atom stereocenters. The van der Waals surface area contributed by atoms with Crippen LogP contribution < -0.4 is 21.3 Å². The van der Waals surface area contributed by atoms with E-state index in [-0.39, 0.29) is 44.4 Å². The molecule has 0 saturated heterocycles. The van der Waals surface area contributed by atoms with Crippen LogP contribution in [-0.2, 0) is 90.3 Å². The Kier molecular flexibility index (Phi) is 41.6. The van der Waals surface area contributed by atoms with Gasteiger partial charge in [-0.25, -0.2) is 4.79 Å². The summed E-state index contributed by atoms with van der Waals surface area (Å²) in [5.74, 6) is -1.65. The van der Waals surface area contributed by atoms with Crippen molar-refractivity contribution < 1.29 is 95.1 Å². The van der Waals surface area contributed by atoms with Gasteiger partial charge in [0, 0.05) is 51.2 Å². The van der Waals surface area contributed by atoms with Crippen molar-refractivity contribution in [1.82, 2.24) is 26.2 Å². The van der Waals surface area contributed by atoms with E-state index in [1.54, 1.807) is 20.8 Å². The van der Waals surface area contributed by atoms with Gasteiger partial charge in [0.05, 0.1) is 171 Å². The van der Waals surface area contributed by atoms with Gasteiger partial charge in [-0.05, 0) is 48.0 Å². The van der Waals surface area contributed by atoms with Gasteiger partial charge in [-0.1, -0.05) is 0 Å². The molecular weight excluding hydrogens is 979 g/mol. The van der Waals surface area contributed by atoms with Crippen LogP contribution in [-0.4, -0.2) is 249 Å². The fourth-order valence-electron chi connectivity index (χ4n) is 5.61. The first kappa shape index (κ1) is 68.1. The molecule has 1 aliphatic heterocycles. The molecule has 0 aliphatic carbocycles. The third-order valence-corrected chi connectivity index (χ3v) is 9.26. The lowest BCUT2D eigenvalue weighted by molar-refractivity contribution is -0.137. The smallest absolute Gasteiger partial charge is 0.408 e. The Labute approximate surface area is 437 Å². The Morgan fingerprint density at radius 3 is 1.16 bits per heavy atom. The number of amides is 6. The molecule has 74 heavy (non-hydrogen) atoms. The van der Waals surface area contributed by atoms with Crippen LogP contribution in [0.15, 0.2) is 12.2 Å². The third kappa shape index (κ3) is 44.3. The Morgan fingerprint density at radius 1 is 0.446 bits per heavy atom. The van der Waals surface area contributed by atoms with Gasteiger partial charge >= 0.3 is 6.09 Å². The molecule has 0 fully saturated rings. The molecule has 0 aromatic rings. The molecule has 25 heteroatoms. The average molecular weight is 1070 g/mol. The summed E-state index contributed by atoms with van der Waals surface area (Å²) in [6, 6.07) is -0.937. The first-order chi connectivity index (χ1) is 35.6. The van der Waals surface area contributed by atoms with E-state index in [0.717, 1.165) is 4.90 Å². The number of hydrogen-bond acceptors (Lipinski definition) is 20. The summed E-state index contributed by atoms with van der Waals surface area (Å²) in [6.07, 6.45) is 2.40. The predicted molar refractivity (Wildman–Crippen MR) is 267 cm³/mol. The maximum atomic E-state index is 12.7. The van der Waals surface area contributed by atoms with E-state index in [9.17, 15) is 28.8 Å². The van der Waals surface area contributed by atoms with E-state index >= 15 is 0 Å². The van der Waals surface area contributed by atoms with Crippen molar-refractivity contribution in [2.75, 3.05) is 191 Å². The Bertz CT molecular complexity index is 1500. The summed E-state index contributed by atoms with van der Waals surface area (Å²) in [5.41, 5.74) is -1.22. The van der Waals surface area contributed by atoms with E-state index in [4.69, 9.17) is 66.3 Å². The van der Waals surface area contributed by atoms with Crippen molar-refractivity contribution in [1.29, 1.82) is 0 Å². The fourth-order valence-corrected chi connectivity index (χ4v) is 5.61. The molecule has 0 aromatic heterocycles. The second-order valence-electron chi connectivity index (χ2n) is 18.0. The second kappa shape index (κ2) is 45.3. The third-order valence-electron chi connectivity index (χ3n) is 9.26. The largest absolute Gasteiger partial charge is 0.444 e. The molecule has 6 amide bonds. The van der Waals surface area contributed by atoms with Crippen molar-refractivity contribution >= 4 is 35.6 Å². The van der Waals surface area contributed by atoms with Gasteiger partial charge in [0.25, 0.3) is 11.8 Å². The molecule has 0 unspecified atom stereocenters. The second-order valence-corrected chi connectivity index (χ2v) is 18.0. The van der Waals surface area contributed by atoms with Crippen LogP contribution in [0.5, 0.6) is 0 Å². The molecule has 0 aromatic carbocycles. The standard InChI is InChI=1S/C49H89N5O20/c1-48(2,3)73-40-41(53-47(60)74-49(4,5)6)46(59)52-13-7-12-50-43(56)11-16-61-18-20-63-22-24-65-26-28-67-30-32-69-34-36-71-38-39-72-37-35-70-33-31-68-29-27-66-25-23-64-21-19-62-17-14-51-42(55)10-15-54-44(57)8-9-45(54)58/h8-9,41H,7,10-40H2,1-6H3,(H,50,56)(H,51,55)(H,52,59)(H,53,60)/t41-/m0/s1. The van der Waals surface area contributed by atoms with Crippen molar-refractivity contribution in [3.05, 3.63) is 12.2 Å². The zero-order valence-corrected chi connectivity index (χ0v) is 45.0. The van der Waals surface area contributed by atoms with E-state index in [2.05, 4.69) is 21.3 Å². The summed E-state index contributed by atoms with van der Waals surface area (Å²) in [7, 11) is 0. The molecule has 1 aliphatic rings. The molecule has 0 bridgehead atoms. The molecule has 0 spiro atoms. The van der Waals surface area contributed by atoms with Crippen molar-refractivity contribution in [2.24, 2.45) is 0 Å². The molecule has 4 N–H and O–H groups in total. The first-order valence-electron chi connectivity index (χ1n) is 25.5. The normalized spacial score (nSPS) is 13.1. The van der Waals surface area contributed by atoms with E-state index < -0.39 is 41.1 Å². The van der Waals surface area contributed by atoms with Crippen LogP contribution in [0.4, 0.5) is 4.79 Å². The minimum atomic E-state index is -0.937. The number of rotatable bonds is 50. The summed E-state index contributed by atoms with van der Waals surface area (Å²) < 4.78 is 76.7.